The molecule has 94 valence electrons. The Labute approximate surface area is 101 Å². The molecule has 0 unspecified atom stereocenters. The molecule has 17 heavy (non-hydrogen) atoms. The summed E-state index contributed by atoms with van der Waals surface area (Å²) in [6, 6.07) is 0.660. The zero-order chi connectivity index (χ0) is 12.3. The van der Waals surface area contributed by atoms with Gasteiger partial charge >= 0.3 is 0 Å². The monoisotopic (exact) mass is 237 g/mol. The van der Waals surface area contributed by atoms with Gasteiger partial charge < -0.3 is 10.2 Å². The van der Waals surface area contributed by atoms with Crippen molar-refractivity contribution in [3.05, 3.63) is 11.9 Å². The van der Waals surface area contributed by atoms with Crippen LogP contribution in [0.5, 0.6) is 0 Å². The molecule has 1 aliphatic carbocycles. The summed E-state index contributed by atoms with van der Waals surface area (Å²) < 4.78 is 1.60. The average Bonchev–Trinajstić information content (AvgIpc) is 3.06. The third-order valence-electron chi connectivity index (χ3n) is 2.93. The van der Waals surface area contributed by atoms with Crippen LogP contribution in [0.4, 0.5) is 0 Å². The second-order valence-corrected chi connectivity index (χ2v) is 4.47. The lowest BCUT2D eigenvalue weighted by atomic mass is 10.4. The highest BCUT2D eigenvalue weighted by Crippen LogP contribution is 2.18. The third kappa shape index (κ3) is 3.52. The molecule has 6 heteroatoms. The van der Waals surface area contributed by atoms with Gasteiger partial charge in [-0.25, -0.2) is 4.68 Å². The molecule has 0 aliphatic heterocycles. The van der Waals surface area contributed by atoms with E-state index >= 15 is 0 Å². The van der Waals surface area contributed by atoms with Gasteiger partial charge in [0.1, 0.15) is 6.54 Å². The highest BCUT2D eigenvalue weighted by Gasteiger charge is 2.20. The Hall–Kier alpha value is -1.43. The van der Waals surface area contributed by atoms with Gasteiger partial charge in [-0.05, 0) is 19.8 Å². The first-order valence-corrected chi connectivity index (χ1v) is 6.05. The van der Waals surface area contributed by atoms with Gasteiger partial charge in [0.05, 0.1) is 11.9 Å². The first-order valence-electron chi connectivity index (χ1n) is 6.05. The predicted molar refractivity (Wildman–Crippen MR) is 63.2 cm³/mol. The lowest BCUT2D eigenvalue weighted by molar-refractivity contribution is -0.130. The van der Waals surface area contributed by atoms with E-state index in [0.29, 0.717) is 12.6 Å². The number of hydrogen-bond donors (Lipinski definition) is 1. The van der Waals surface area contributed by atoms with Crippen LogP contribution in [0, 0.1) is 0 Å². The van der Waals surface area contributed by atoms with E-state index in [1.165, 1.54) is 12.8 Å². The summed E-state index contributed by atoms with van der Waals surface area (Å²) in [5.74, 6) is 0.0547. The van der Waals surface area contributed by atoms with Gasteiger partial charge in [-0.2, -0.15) is 0 Å². The van der Waals surface area contributed by atoms with Crippen LogP contribution < -0.4 is 5.32 Å². The minimum Gasteiger partial charge on any atom is -0.344 e. The summed E-state index contributed by atoms with van der Waals surface area (Å²) in [6.45, 7) is 3.66. The van der Waals surface area contributed by atoms with Gasteiger partial charge in [-0.3, -0.25) is 4.79 Å². The highest BCUT2D eigenvalue weighted by atomic mass is 16.2. The molecule has 1 heterocycles. The molecule has 1 saturated carbocycles. The van der Waals surface area contributed by atoms with Crippen molar-refractivity contribution in [2.45, 2.75) is 38.9 Å². The number of nitrogens with one attached hydrogen (secondary N) is 1. The Bertz CT molecular complexity index is 385. The van der Waals surface area contributed by atoms with Crippen molar-refractivity contribution in [1.82, 2.24) is 25.2 Å². The molecule has 1 aliphatic rings. The van der Waals surface area contributed by atoms with Crippen LogP contribution in [0.15, 0.2) is 6.20 Å². The Morgan fingerprint density at radius 2 is 2.41 bits per heavy atom. The van der Waals surface area contributed by atoms with Gasteiger partial charge in [-0.1, -0.05) is 5.21 Å². The van der Waals surface area contributed by atoms with Gasteiger partial charge in [0.15, 0.2) is 0 Å². The number of hydrogen-bond acceptors (Lipinski definition) is 4. The minimum absolute atomic E-state index is 0.0547. The molecular weight excluding hydrogens is 218 g/mol. The Kier molecular flexibility index (Phi) is 3.73. The van der Waals surface area contributed by atoms with Gasteiger partial charge in [-0.15, -0.1) is 5.10 Å². The van der Waals surface area contributed by atoms with Crippen LogP contribution in [0.25, 0.3) is 0 Å². The standard InChI is InChI=1S/C11H19N5O/c1-3-15(2)11(17)8-16-7-10(13-14-16)6-12-9-4-5-9/h7,9,12H,3-6,8H2,1-2H3. The van der Waals surface area contributed by atoms with Crippen molar-refractivity contribution >= 4 is 5.91 Å². The molecule has 6 nitrogen and oxygen atoms in total. The molecule has 1 N–H and O–H groups in total. The Morgan fingerprint density at radius 1 is 1.65 bits per heavy atom. The zero-order valence-electron chi connectivity index (χ0n) is 10.4. The summed E-state index contributed by atoms with van der Waals surface area (Å²) in [5.41, 5.74) is 0.892. The van der Waals surface area contributed by atoms with Crippen molar-refractivity contribution in [2.75, 3.05) is 13.6 Å². The largest absolute Gasteiger partial charge is 0.344 e. The lowest BCUT2D eigenvalue weighted by Crippen LogP contribution is -2.30. The maximum absolute atomic E-state index is 11.7. The summed E-state index contributed by atoms with van der Waals surface area (Å²) in [4.78, 5) is 13.3. The molecule has 0 saturated heterocycles. The average molecular weight is 237 g/mol. The summed E-state index contributed by atoms with van der Waals surface area (Å²) in [6.07, 6.45) is 4.35. The number of carbonyl (C=O) groups is 1. The Balaban J connectivity index is 1.82. The second-order valence-electron chi connectivity index (χ2n) is 4.47. The van der Waals surface area contributed by atoms with Crippen LogP contribution in [0.1, 0.15) is 25.5 Å². The maximum Gasteiger partial charge on any atom is 0.244 e. The van der Waals surface area contributed by atoms with Crippen LogP contribution in [-0.2, 0) is 17.9 Å². The van der Waals surface area contributed by atoms with Crippen LogP contribution in [-0.4, -0.2) is 45.4 Å². The van der Waals surface area contributed by atoms with E-state index in [-0.39, 0.29) is 12.5 Å². The fourth-order valence-electron chi connectivity index (χ4n) is 1.47. The van der Waals surface area contributed by atoms with Crippen molar-refractivity contribution < 1.29 is 4.79 Å². The Morgan fingerprint density at radius 3 is 3.06 bits per heavy atom. The van der Waals surface area contributed by atoms with Crippen molar-refractivity contribution in [1.29, 1.82) is 0 Å². The first-order chi connectivity index (χ1) is 8.19. The molecular formula is C11H19N5O. The first kappa shape index (κ1) is 12.0. The van der Waals surface area contributed by atoms with E-state index in [2.05, 4.69) is 15.6 Å². The summed E-state index contributed by atoms with van der Waals surface area (Å²) in [5, 5.41) is 11.3. The van der Waals surface area contributed by atoms with Gasteiger partial charge in [0, 0.05) is 26.2 Å². The van der Waals surface area contributed by atoms with Crippen LogP contribution in [0.2, 0.25) is 0 Å². The van der Waals surface area contributed by atoms with Crippen molar-refractivity contribution in [3.8, 4) is 0 Å². The van der Waals surface area contributed by atoms with Gasteiger partial charge in [0.2, 0.25) is 5.91 Å². The normalized spacial score (nSPS) is 14.9. The van der Waals surface area contributed by atoms with Gasteiger partial charge in [0.25, 0.3) is 0 Å². The van der Waals surface area contributed by atoms with E-state index in [0.717, 1.165) is 12.2 Å². The fourth-order valence-corrected chi connectivity index (χ4v) is 1.47. The summed E-state index contributed by atoms with van der Waals surface area (Å²) >= 11 is 0. The minimum atomic E-state index is 0.0547. The van der Waals surface area contributed by atoms with E-state index in [9.17, 15) is 4.79 Å². The van der Waals surface area contributed by atoms with E-state index < -0.39 is 0 Å². The molecule has 2 rings (SSSR count). The molecule has 0 bridgehead atoms. The van der Waals surface area contributed by atoms with Crippen molar-refractivity contribution in [3.63, 3.8) is 0 Å². The van der Waals surface area contributed by atoms with E-state index in [1.54, 1.807) is 16.6 Å². The smallest absolute Gasteiger partial charge is 0.244 e. The number of carbonyl (C=O) groups excluding carboxylic acids is 1. The van der Waals surface area contributed by atoms with E-state index in [1.807, 2.05) is 13.1 Å². The van der Waals surface area contributed by atoms with E-state index in [4.69, 9.17) is 0 Å². The fraction of sp³-hybridized carbons (Fsp3) is 0.727. The summed E-state index contributed by atoms with van der Waals surface area (Å²) in [7, 11) is 1.79. The molecule has 0 aromatic carbocycles. The van der Waals surface area contributed by atoms with Crippen LogP contribution in [0.3, 0.4) is 0 Å². The molecule has 0 spiro atoms. The number of amides is 1. The molecule has 0 radical (unpaired) electrons. The molecule has 1 aromatic heterocycles. The number of rotatable bonds is 6. The van der Waals surface area contributed by atoms with Crippen molar-refractivity contribution in [2.24, 2.45) is 0 Å². The highest BCUT2D eigenvalue weighted by molar-refractivity contribution is 5.75. The maximum atomic E-state index is 11.7. The molecule has 1 fully saturated rings. The molecule has 1 aromatic rings. The van der Waals surface area contributed by atoms with Crippen LogP contribution >= 0.6 is 0 Å². The number of aromatic nitrogens is 3. The number of likely N-dealkylation sites (N-methyl/N-ethyl adjacent to an activating group) is 1. The topological polar surface area (TPSA) is 63.1 Å². The zero-order valence-corrected chi connectivity index (χ0v) is 10.4. The lowest BCUT2D eigenvalue weighted by Gasteiger charge is -2.13. The molecule has 0 atom stereocenters. The second kappa shape index (κ2) is 5.27. The number of nitrogens with zero attached hydrogens (tertiary/aromatic N) is 4. The predicted octanol–water partition coefficient (Wildman–Crippen LogP) is 0.00840. The third-order valence-corrected chi connectivity index (χ3v) is 2.93. The quantitative estimate of drug-likeness (QED) is 0.757. The molecule has 1 amide bonds. The SMILES string of the molecule is CCN(C)C(=O)Cn1cc(CNC2CC2)nn1.